The van der Waals surface area contributed by atoms with Gasteiger partial charge in [0.25, 0.3) is 0 Å². The van der Waals surface area contributed by atoms with Gasteiger partial charge in [-0.3, -0.25) is 0 Å². The number of fused-ring (bicyclic) bond motifs is 1. The molecule has 2 aromatic rings. The Balaban J connectivity index is 0.00000208. The number of hydrogen-bond acceptors (Lipinski definition) is 3. The number of nitrogens with zero attached hydrogens (tertiary/aromatic N) is 2. The second-order valence-corrected chi connectivity index (χ2v) is 6.74. The van der Waals surface area contributed by atoms with Gasteiger partial charge in [0.2, 0.25) is 0 Å². The predicted octanol–water partition coefficient (Wildman–Crippen LogP) is 3.64. The molecule has 0 radical (unpaired) electrons. The van der Waals surface area contributed by atoms with Crippen molar-refractivity contribution in [1.29, 1.82) is 0 Å². The SMILES string of the molecule is CN(C)C(CNC(=O)N1Cc2cccc(F)c2C1)c1ccsc1.Cl. The molecule has 2 heterocycles. The van der Waals surface area contributed by atoms with Gasteiger partial charge in [-0.25, -0.2) is 9.18 Å². The Morgan fingerprint density at radius 3 is 2.79 bits per heavy atom. The van der Waals surface area contributed by atoms with Crippen molar-refractivity contribution in [3.63, 3.8) is 0 Å². The van der Waals surface area contributed by atoms with Crippen molar-refractivity contribution in [2.24, 2.45) is 0 Å². The molecular weight excluding hydrogens is 349 g/mol. The van der Waals surface area contributed by atoms with Crippen molar-refractivity contribution in [2.75, 3.05) is 20.6 Å². The van der Waals surface area contributed by atoms with Gasteiger partial charge in [-0.2, -0.15) is 11.3 Å². The smallest absolute Gasteiger partial charge is 0.318 e. The largest absolute Gasteiger partial charge is 0.336 e. The van der Waals surface area contributed by atoms with E-state index in [1.54, 1.807) is 22.3 Å². The number of rotatable bonds is 4. The van der Waals surface area contributed by atoms with E-state index in [0.717, 1.165) is 5.56 Å². The van der Waals surface area contributed by atoms with Crippen LogP contribution in [-0.4, -0.2) is 36.5 Å². The monoisotopic (exact) mass is 369 g/mol. The molecular formula is C17H21ClFN3OS. The van der Waals surface area contributed by atoms with Crippen LogP contribution in [0, 0.1) is 5.82 Å². The Labute approximate surface area is 151 Å². The minimum atomic E-state index is -0.234. The first-order valence-corrected chi connectivity index (χ1v) is 8.48. The molecule has 0 aliphatic carbocycles. The molecule has 0 fully saturated rings. The zero-order valence-corrected chi connectivity index (χ0v) is 15.3. The second-order valence-electron chi connectivity index (χ2n) is 5.96. The van der Waals surface area contributed by atoms with Crippen molar-refractivity contribution in [2.45, 2.75) is 19.1 Å². The van der Waals surface area contributed by atoms with Gasteiger partial charge in [0.05, 0.1) is 12.6 Å². The summed E-state index contributed by atoms with van der Waals surface area (Å²) in [5, 5.41) is 7.11. The summed E-state index contributed by atoms with van der Waals surface area (Å²) in [6.45, 7) is 1.32. The van der Waals surface area contributed by atoms with Gasteiger partial charge in [0, 0.05) is 18.7 Å². The summed E-state index contributed by atoms with van der Waals surface area (Å²) < 4.78 is 13.8. The Morgan fingerprint density at radius 2 is 2.17 bits per heavy atom. The predicted molar refractivity (Wildman–Crippen MR) is 97.0 cm³/mol. The first-order chi connectivity index (χ1) is 11.1. The molecule has 3 rings (SSSR count). The standard InChI is InChI=1S/C17H20FN3OS.ClH/c1-20(2)16(13-6-7-23-11-13)8-19-17(22)21-9-12-4-3-5-15(18)14(12)10-21;/h3-7,11,16H,8-10H2,1-2H3,(H,19,22);1H. The lowest BCUT2D eigenvalue weighted by Gasteiger charge is -2.25. The number of urea groups is 1. The normalized spacial score (nSPS) is 14.2. The molecule has 1 unspecified atom stereocenters. The summed E-state index contributed by atoms with van der Waals surface area (Å²) in [6, 6.07) is 7.06. The quantitative estimate of drug-likeness (QED) is 0.893. The van der Waals surface area contributed by atoms with E-state index >= 15 is 0 Å². The Bertz CT molecular complexity index is 693. The van der Waals surface area contributed by atoms with Crippen molar-refractivity contribution >= 4 is 29.8 Å². The second kappa shape index (κ2) is 7.96. The average Bonchev–Trinajstić information content (AvgIpc) is 3.16. The van der Waals surface area contributed by atoms with Gasteiger partial charge in [0.1, 0.15) is 5.82 Å². The molecule has 1 N–H and O–H groups in total. The number of amides is 2. The molecule has 1 aliphatic heterocycles. The molecule has 7 heteroatoms. The minimum Gasteiger partial charge on any atom is -0.336 e. The van der Waals surface area contributed by atoms with E-state index < -0.39 is 0 Å². The number of hydrogen-bond donors (Lipinski definition) is 1. The fourth-order valence-corrected chi connectivity index (χ4v) is 3.59. The molecule has 1 atom stereocenters. The highest BCUT2D eigenvalue weighted by Gasteiger charge is 2.26. The third-order valence-corrected chi connectivity index (χ3v) is 4.91. The molecule has 0 spiro atoms. The Morgan fingerprint density at radius 1 is 1.38 bits per heavy atom. The van der Waals surface area contributed by atoms with Crippen LogP contribution < -0.4 is 5.32 Å². The van der Waals surface area contributed by atoms with Crippen LogP contribution in [0.2, 0.25) is 0 Å². The highest BCUT2D eigenvalue weighted by molar-refractivity contribution is 7.07. The van der Waals surface area contributed by atoms with Gasteiger partial charge in [-0.15, -0.1) is 12.4 Å². The number of carbonyl (C=O) groups excluding carboxylic acids is 1. The summed E-state index contributed by atoms with van der Waals surface area (Å²) in [7, 11) is 3.99. The zero-order chi connectivity index (χ0) is 16.4. The van der Waals surface area contributed by atoms with Crippen LogP contribution in [0.1, 0.15) is 22.7 Å². The number of likely N-dealkylation sites (N-methyl/N-ethyl adjacent to an activating group) is 1. The maximum absolute atomic E-state index is 13.8. The fraction of sp³-hybridized carbons (Fsp3) is 0.353. The van der Waals surface area contributed by atoms with E-state index in [0.29, 0.717) is 25.2 Å². The summed E-state index contributed by atoms with van der Waals surface area (Å²) in [5.74, 6) is -0.234. The zero-order valence-electron chi connectivity index (χ0n) is 13.7. The van der Waals surface area contributed by atoms with Crippen LogP contribution in [0.3, 0.4) is 0 Å². The van der Waals surface area contributed by atoms with Crippen molar-refractivity contribution in [3.05, 3.63) is 57.5 Å². The number of halogens is 2. The fourth-order valence-electron chi connectivity index (χ4n) is 2.88. The van der Waals surface area contributed by atoms with Crippen LogP contribution in [0.15, 0.2) is 35.0 Å². The van der Waals surface area contributed by atoms with Crippen LogP contribution in [0.5, 0.6) is 0 Å². The molecule has 0 saturated heterocycles. The van der Waals surface area contributed by atoms with Crippen LogP contribution in [0.25, 0.3) is 0 Å². The van der Waals surface area contributed by atoms with Gasteiger partial charge in [-0.1, -0.05) is 12.1 Å². The van der Waals surface area contributed by atoms with Crippen LogP contribution in [-0.2, 0) is 13.1 Å². The highest BCUT2D eigenvalue weighted by Crippen LogP contribution is 2.25. The average molecular weight is 370 g/mol. The third kappa shape index (κ3) is 3.88. The molecule has 0 saturated carbocycles. The Kier molecular flexibility index (Phi) is 6.21. The van der Waals surface area contributed by atoms with E-state index in [4.69, 9.17) is 0 Å². The van der Waals surface area contributed by atoms with Crippen molar-refractivity contribution < 1.29 is 9.18 Å². The topological polar surface area (TPSA) is 35.6 Å². The molecule has 4 nitrogen and oxygen atoms in total. The molecule has 1 aromatic carbocycles. The van der Waals surface area contributed by atoms with Gasteiger partial charge >= 0.3 is 6.03 Å². The number of nitrogens with one attached hydrogen (secondary N) is 1. The number of carbonyl (C=O) groups is 1. The highest BCUT2D eigenvalue weighted by atomic mass is 35.5. The van der Waals surface area contributed by atoms with E-state index in [1.165, 1.54) is 11.6 Å². The van der Waals surface area contributed by atoms with E-state index in [9.17, 15) is 9.18 Å². The summed E-state index contributed by atoms with van der Waals surface area (Å²) in [4.78, 5) is 16.1. The third-order valence-electron chi connectivity index (χ3n) is 4.21. The summed E-state index contributed by atoms with van der Waals surface area (Å²) in [6.07, 6.45) is 0. The lowest BCUT2D eigenvalue weighted by molar-refractivity contribution is 0.192. The van der Waals surface area contributed by atoms with Crippen molar-refractivity contribution in [1.82, 2.24) is 15.1 Å². The number of thiophene rings is 1. The number of benzene rings is 1. The van der Waals surface area contributed by atoms with Gasteiger partial charge in [0.15, 0.2) is 0 Å². The molecule has 1 aromatic heterocycles. The Hall–Kier alpha value is -1.63. The molecule has 0 bridgehead atoms. The lowest BCUT2D eigenvalue weighted by atomic mass is 10.1. The minimum absolute atomic E-state index is 0. The summed E-state index contributed by atoms with van der Waals surface area (Å²) in [5.41, 5.74) is 2.71. The van der Waals surface area contributed by atoms with E-state index in [1.807, 2.05) is 25.5 Å². The molecule has 2 amide bonds. The summed E-state index contributed by atoms with van der Waals surface area (Å²) >= 11 is 1.65. The molecule has 130 valence electrons. The molecule has 1 aliphatic rings. The van der Waals surface area contributed by atoms with E-state index in [2.05, 4.69) is 21.7 Å². The molecule has 24 heavy (non-hydrogen) atoms. The van der Waals surface area contributed by atoms with E-state index in [-0.39, 0.29) is 30.3 Å². The van der Waals surface area contributed by atoms with Crippen LogP contribution in [0.4, 0.5) is 9.18 Å². The maximum Gasteiger partial charge on any atom is 0.318 e. The van der Waals surface area contributed by atoms with Gasteiger partial charge in [-0.05, 0) is 48.1 Å². The first-order valence-electron chi connectivity index (χ1n) is 7.54. The maximum atomic E-state index is 13.8. The van der Waals surface area contributed by atoms with Crippen molar-refractivity contribution in [3.8, 4) is 0 Å². The van der Waals surface area contributed by atoms with Gasteiger partial charge < -0.3 is 15.1 Å². The first kappa shape index (κ1) is 18.7. The van der Waals surface area contributed by atoms with Crippen LogP contribution >= 0.6 is 23.7 Å². The lowest BCUT2D eigenvalue weighted by Crippen LogP contribution is -2.41.